The number of rotatable bonds is 6. The second-order valence-corrected chi connectivity index (χ2v) is 8.36. The molecule has 1 heterocycles. The lowest BCUT2D eigenvalue weighted by atomic mass is 10.1. The molecule has 1 amide bonds. The van der Waals surface area contributed by atoms with Gasteiger partial charge in [-0.25, -0.2) is 4.79 Å². The number of benzene rings is 3. The van der Waals surface area contributed by atoms with E-state index in [0.717, 1.165) is 21.2 Å². The van der Waals surface area contributed by atoms with Gasteiger partial charge in [-0.1, -0.05) is 60.7 Å². The fourth-order valence-corrected chi connectivity index (χ4v) is 4.31. The van der Waals surface area contributed by atoms with Gasteiger partial charge in [0.05, 0.1) is 12.3 Å². The topological polar surface area (TPSA) is 101 Å². The van der Waals surface area contributed by atoms with Crippen molar-refractivity contribution >= 4 is 39.9 Å². The lowest BCUT2D eigenvalue weighted by Crippen LogP contribution is -2.40. The highest BCUT2D eigenvalue weighted by Gasteiger charge is 2.21. The van der Waals surface area contributed by atoms with Gasteiger partial charge in [-0.3, -0.25) is 19.1 Å². The number of carbonyl (C=O) groups is 1. The van der Waals surface area contributed by atoms with E-state index in [1.807, 2.05) is 72.8 Å². The molecule has 4 aromatic rings. The van der Waals surface area contributed by atoms with E-state index in [0.29, 0.717) is 0 Å². The molecule has 0 saturated carbocycles. The van der Waals surface area contributed by atoms with Crippen LogP contribution in [-0.4, -0.2) is 28.3 Å². The number of aromatic amines is 1. The third-order valence-electron chi connectivity index (χ3n) is 5.19. The molecule has 0 aliphatic rings. The molecule has 7 nitrogen and oxygen atoms in total. The van der Waals surface area contributed by atoms with E-state index < -0.39 is 11.2 Å². The van der Waals surface area contributed by atoms with Gasteiger partial charge in [0.1, 0.15) is 5.82 Å². The largest absolute Gasteiger partial charge is 0.383 e. The maximum Gasteiger partial charge on any atom is 0.330 e. The molecule has 0 atom stereocenters. The van der Waals surface area contributed by atoms with Crippen molar-refractivity contribution in [2.45, 2.75) is 11.4 Å². The molecule has 0 radical (unpaired) electrons. The third kappa shape index (κ3) is 4.45. The highest BCUT2D eigenvalue weighted by Crippen LogP contribution is 2.25. The standard InChI is InChI=1S/C24H22N4O3S/c1-27(20(29)15-32-19-12-11-17-9-5-6-10-18(17)13-19)21-22(25)28(24(31)26-23(21)30)14-16-7-3-2-4-8-16/h2-13H,14-15,25H2,1H3,(H,26,30,31). The summed E-state index contributed by atoms with van der Waals surface area (Å²) in [5.41, 5.74) is 5.68. The van der Waals surface area contributed by atoms with Gasteiger partial charge < -0.3 is 10.6 Å². The molecule has 0 aliphatic heterocycles. The first-order valence-corrected chi connectivity index (χ1v) is 11.0. The Morgan fingerprint density at radius 3 is 2.44 bits per heavy atom. The number of nitrogen functional groups attached to an aromatic ring is 1. The molecular weight excluding hydrogens is 424 g/mol. The second-order valence-electron chi connectivity index (χ2n) is 7.32. The maximum atomic E-state index is 12.8. The molecule has 3 aromatic carbocycles. The van der Waals surface area contributed by atoms with E-state index in [1.165, 1.54) is 28.3 Å². The number of fused-ring (bicyclic) bond motifs is 1. The Labute approximate surface area is 188 Å². The number of aromatic nitrogens is 2. The monoisotopic (exact) mass is 446 g/mol. The normalized spacial score (nSPS) is 10.9. The fourth-order valence-electron chi connectivity index (χ4n) is 3.45. The van der Waals surface area contributed by atoms with Crippen molar-refractivity contribution in [3.8, 4) is 0 Å². The first kappa shape index (κ1) is 21.5. The molecule has 0 unspecified atom stereocenters. The number of hydrogen-bond acceptors (Lipinski definition) is 5. The first-order valence-electron chi connectivity index (χ1n) is 9.98. The van der Waals surface area contributed by atoms with Gasteiger partial charge in [-0.15, -0.1) is 11.8 Å². The molecule has 3 N–H and O–H groups in total. The fraction of sp³-hybridized carbons (Fsp3) is 0.125. The van der Waals surface area contributed by atoms with Crippen LogP contribution in [0.4, 0.5) is 11.5 Å². The molecule has 8 heteroatoms. The van der Waals surface area contributed by atoms with Crippen LogP contribution < -0.4 is 21.9 Å². The second kappa shape index (κ2) is 9.15. The summed E-state index contributed by atoms with van der Waals surface area (Å²) < 4.78 is 1.26. The quantitative estimate of drug-likeness (QED) is 0.443. The van der Waals surface area contributed by atoms with E-state index in [4.69, 9.17) is 5.73 Å². The van der Waals surface area contributed by atoms with Crippen molar-refractivity contribution in [1.29, 1.82) is 0 Å². The number of anilines is 2. The Morgan fingerprint density at radius 1 is 1.00 bits per heavy atom. The first-order chi connectivity index (χ1) is 15.4. The van der Waals surface area contributed by atoms with Crippen molar-refractivity contribution in [2.75, 3.05) is 23.4 Å². The van der Waals surface area contributed by atoms with Crippen molar-refractivity contribution in [2.24, 2.45) is 0 Å². The van der Waals surface area contributed by atoms with Crippen LogP contribution in [-0.2, 0) is 11.3 Å². The van der Waals surface area contributed by atoms with Crippen molar-refractivity contribution in [1.82, 2.24) is 9.55 Å². The molecule has 0 spiro atoms. The molecular formula is C24H22N4O3S. The lowest BCUT2D eigenvalue weighted by Gasteiger charge is -2.20. The molecule has 0 aliphatic carbocycles. The zero-order valence-electron chi connectivity index (χ0n) is 17.4. The van der Waals surface area contributed by atoms with Gasteiger partial charge in [0.25, 0.3) is 5.56 Å². The van der Waals surface area contributed by atoms with E-state index in [2.05, 4.69) is 4.98 Å². The Hall–Kier alpha value is -3.78. The summed E-state index contributed by atoms with van der Waals surface area (Å²) in [6, 6.07) is 23.3. The minimum Gasteiger partial charge on any atom is -0.383 e. The van der Waals surface area contributed by atoms with E-state index in [9.17, 15) is 14.4 Å². The predicted octanol–water partition coefficient (Wildman–Crippen LogP) is 3.08. The molecule has 32 heavy (non-hydrogen) atoms. The Bertz CT molecular complexity index is 1400. The third-order valence-corrected chi connectivity index (χ3v) is 6.17. The molecule has 0 saturated heterocycles. The lowest BCUT2D eigenvalue weighted by molar-refractivity contribution is -0.115. The average molecular weight is 447 g/mol. The van der Waals surface area contributed by atoms with Crippen LogP contribution in [0.1, 0.15) is 5.56 Å². The van der Waals surface area contributed by atoms with E-state index >= 15 is 0 Å². The van der Waals surface area contributed by atoms with Crippen LogP contribution in [0.25, 0.3) is 10.8 Å². The number of nitrogens with two attached hydrogens (primary N) is 1. The number of carbonyl (C=O) groups excluding carboxylic acids is 1. The summed E-state index contributed by atoms with van der Waals surface area (Å²) in [6.45, 7) is 0.184. The van der Waals surface area contributed by atoms with Crippen molar-refractivity contribution in [3.05, 3.63) is 99.2 Å². The molecule has 162 valence electrons. The highest BCUT2D eigenvalue weighted by atomic mass is 32.2. The van der Waals surface area contributed by atoms with Crippen LogP contribution in [0.15, 0.2) is 87.3 Å². The van der Waals surface area contributed by atoms with Crippen LogP contribution >= 0.6 is 11.8 Å². The zero-order valence-corrected chi connectivity index (χ0v) is 18.3. The zero-order chi connectivity index (χ0) is 22.7. The van der Waals surface area contributed by atoms with Crippen molar-refractivity contribution < 1.29 is 4.79 Å². The SMILES string of the molecule is CN(C(=O)CSc1ccc2ccccc2c1)c1c(N)n(Cc2ccccc2)c(=O)[nH]c1=O. The van der Waals surface area contributed by atoms with Gasteiger partial charge >= 0.3 is 5.69 Å². The summed E-state index contributed by atoms with van der Waals surface area (Å²) in [4.78, 5) is 42.1. The van der Waals surface area contributed by atoms with Gasteiger partial charge in [0.2, 0.25) is 5.91 Å². The van der Waals surface area contributed by atoms with Gasteiger partial charge in [-0.2, -0.15) is 0 Å². The summed E-state index contributed by atoms with van der Waals surface area (Å²) in [7, 11) is 1.49. The van der Waals surface area contributed by atoms with Gasteiger partial charge in [-0.05, 0) is 28.5 Å². The molecule has 0 fully saturated rings. The minimum atomic E-state index is -0.691. The van der Waals surface area contributed by atoms with E-state index in [-0.39, 0.29) is 29.7 Å². The van der Waals surface area contributed by atoms with Crippen LogP contribution in [0, 0.1) is 0 Å². The van der Waals surface area contributed by atoms with Gasteiger partial charge in [0, 0.05) is 11.9 Å². The molecule has 0 bridgehead atoms. The molecule has 1 aromatic heterocycles. The average Bonchev–Trinajstić information content (AvgIpc) is 2.80. The summed E-state index contributed by atoms with van der Waals surface area (Å²) in [5, 5.41) is 2.22. The Kier molecular flexibility index (Phi) is 6.13. The summed E-state index contributed by atoms with van der Waals surface area (Å²) in [5.74, 6) is -0.231. The van der Waals surface area contributed by atoms with E-state index in [1.54, 1.807) is 0 Å². The van der Waals surface area contributed by atoms with Gasteiger partial charge in [0.15, 0.2) is 5.69 Å². The number of amides is 1. The number of H-pyrrole nitrogens is 1. The van der Waals surface area contributed by atoms with Crippen LogP contribution in [0.5, 0.6) is 0 Å². The number of hydrogen-bond donors (Lipinski definition) is 2. The molecule has 4 rings (SSSR count). The van der Waals surface area contributed by atoms with Crippen LogP contribution in [0.3, 0.4) is 0 Å². The number of thioether (sulfide) groups is 1. The van der Waals surface area contributed by atoms with Crippen LogP contribution in [0.2, 0.25) is 0 Å². The number of nitrogens with one attached hydrogen (secondary N) is 1. The number of nitrogens with zero attached hydrogens (tertiary/aromatic N) is 2. The summed E-state index contributed by atoms with van der Waals surface area (Å²) in [6.07, 6.45) is 0. The predicted molar refractivity (Wildman–Crippen MR) is 129 cm³/mol. The van der Waals surface area contributed by atoms with Crippen molar-refractivity contribution in [3.63, 3.8) is 0 Å². The summed E-state index contributed by atoms with van der Waals surface area (Å²) >= 11 is 1.38. The Morgan fingerprint density at radius 2 is 1.69 bits per heavy atom. The maximum absolute atomic E-state index is 12.8. The smallest absolute Gasteiger partial charge is 0.330 e. The highest BCUT2D eigenvalue weighted by molar-refractivity contribution is 8.00. The Balaban J connectivity index is 1.55. The minimum absolute atomic E-state index is 0.0374.